The van der Waals surface area contributed by atoms with E-state index in [1.54, 1.807) is 11.8 Å². The van der Waals surface area contributed by atoms with Crippen LogP contribution in [0.5, 0.6) is 0 Å². The van der Waals surface area contributed by atoms with E-state index in [0.29, 0.717) is 42.1 Å². The van der Waals surface area contributed by atoms with Crippen LogP contribution < -0.4 is 10.2 Å². The first-order valence-corrected chi connectivity index (χ1v) is 12.7. The summed E-state index contributed by atoms with van der Waals surface area (Å²) in [6.45, 7) is 5.58. The van der Waals surface area contributed by atoms with Gasteiger partial charge in [0.15, 0.2) is 5.13 Å². The summed E-state index contributed by atoms with van der Waals surface area (Å²) < 4.78 is 5.51. The van der Waals surface area contributed by atoms with Crippen molar-refractivity contribution in [3.8, 4) is 0 Å². The number of anilines is 2. The van der Waals surface area contributed by atoms with Crippen LogP contribution in [0.15, 0.2) is 24.4 Å². The second-order valence-electron chi connectivity index (χ2n) is 8.82. The first kappa shape index (κ1) is 24.5. The van der Waals surface area contributed by atoms with Gasteiger partial charge in [-0.1, -0.05) is 35.1 Å². The van der Waals surface area contributed by atoms with E-state index in [-0.39, 0.29) is 23.3 Å². The van der Waals surface area contributed by atoms with Gasteiger partial charge in [-0.15, -0.1) is 0 Å². The number of unbranched alkanes of at least 4 members (excludes halogenated alkanes) is 1. The number of urea groups is 1. The lowest BCUT2D eigenvalue weighted by molar-refractivity contribution is -0.143. The maximum Gasteiger partial charge on any atom is 0.328 e. The zero-order valence-electron chi connectivity index (χ0n) is 19.4. The monoisotopic (exact) mass is 504 g/mol. The molecular formula is C24H29ClN4O4S. The molecule has 0 saturated carbocycles. The van der Waals surface area contributed by atoms with Gasteiger partial charge in [-0.2, -0.15) is 0 Å². The Hall–Kier alpha value is -2.65. The van der Waals surface area contributed by atoms with E-state index in [9.17, 15) is 14.4 Å². The quantitative estimate of drug-likeness (QED) is 0.439. The second-order valence-corrected chi connectivity index (χ2v) is 10.5. The highest BCUT2D eigenvalue weighted by Crippen LogP contribution is 2.47. The fourth-order valence-electron chi connectivity index (χ4n) is 4.85. The molecule has 1 fully saturated rings. The lowest BCUT2D eigenvalue weighted by Crippen LogP contribution is -2.41. The largest absolute Gasteiger partial charge is 0.466 e. The van der Waals surface area contributed by atoms with E-state index < -0.39 is 0 Å². The van der Waals surface area contributed by atoms with Gasteiger partial charge >= 0.3 is 12.0 Å². The van der Waals surface area contributed by atoms with Crippen molar-refractivity contribution in [1.82, 2.24) is 9.88 Å². The summed E-state index contributed by atoms with van der Waals surface area (Å²) in [5.74, 6) is -0.109. The van der Waals surface area contributed by atoms with E-state index in [2.05, 4.69) is 16.4 Å². The highest BCUT2D eigenvalue weighted by molar-refractivity contribution is 7.19. The van der Waals surface area contributed by atoms with Crippen LogP contribution in [0.2, 0.25) is 4.34 Å². The molecule has 3 heterocycles. The number of hydrogen-bond donors (Lipinski definition) is 1. The van der Waals surface area contributed by atoms with Crippen molar-refractivity contribution in [3.63, 3.8) is 0 Å². The minimum absolute atomic E-state index is 0.0499. The van der Waals surface area contributed by atoms with Crippen LogP contribution in [-0.2, 0) is 26.2 Å². The highest BCUT2D eigenvalue weighted by atomic mass is 35.5. The Morgan fingerprint density at radius 3 is 2.76 bits per heavy atom. The Morgan fingerprint density at radius 2 is 2.09 bits per heavy atom. The molecular weight excluding hydrogens is 476 g/mol. The maximum atomic E-state index is 13.2. The summed E-state index contributed by atoms with van der Waals surface area (Å²) in [4.78, 5) is 44.6. The van der Waals surface area contributed by atoms with Crippen LogP contribution in [0.1, 0.15) is 50.7 Å². The molecule has 1 atom stereocenters. The number of aryl methyl sites for hydroxylation is 1. The molecule has 0 radical (unpaired) electrons. The topological polar surface area (TPSA) is 91.8 Å². The van der Waals surface area contributed by atoms with Gasteiger partial charge in [-0.3, -0.25) is 19.8 Å². The van der Waals surface area contributed by atoms with Gasteiger partial charge in [0, 0.05) is 44.1 Å². The lowest BCUT2D eigenvalue weighted by atomic mass is 9.80. The first-order chi connectivity index (χ1) is 16.3. The number of thiazole rings is 1. The number of hydrogen-bond acceptors (Lipinski definition) is 6. The van der Waals surface area contributed by atoms with Crippen LogP contribution in [0.3, 0.4) is 0 Å². The van der Waals surface area contributed by atoms with Gasteiger partial charge in [-0.05, 0) is 49.8 Å². The number of halogens is 1. The molecule has 1 aromatic carbocycles. The van der Waals surface area contributed by atoms with Crippen molar-refractivity contribution in [2.45, 2.75) is 51.4 Å². The number of rotatable bonds is 7. The summed E-state index contributed by atoms with van der Waals surface area (Å²) >= 11 is 7.17. The van der Waals surface area contributed by atoms with Crippen molar-refractivity contribution < 1.29 is 19.1 Å². The summed E-state index contributed by atoms with van der Waals surface area (Å²) in [7, 11) is 0. The van der Waals surface area contributed by atoms with Gasteiger partial charge in [0.25, 0.3) is 0 Å². The average Bonchev–Trinajstić information content (AvgIpc) is 3.50. The van der Waals surface area contributed by atoms with Crippen LogP contribution in [0.4, 0.5) is 15.6 Å². The van der Waals surface area contributed by atoms with Crippen LogP contribution >= 0.6 is 22.9 Å². The molecule has 182 valence electrons. The Morgan fingerprint density at radius 1 is 1.26 bits per heavy atom. The van der Waals surface area contributed by atoms with Gasteiger partial charge in [0.05, 0.1) is 12.8 Å². The molecule has 3 amide bonds. The third-order valence-electron chi connectivity index (χ3n) is 6.52. The molecule has 10 heteroatoms. The fourth-order valence-corrected chi connectivity index (χ4v) is 5.65. The van der Waals surface area contributed by atoms with Crippen molar-refractivity contribution in [3.05, 3.63) is 39.9 Å². The van der Waals surface area contributed by atoms with Gasteiger partial charge in [0.1, 0.15) is 4.34 Å². The number of carbonyl (C=O) groups is 3. The smallest absolute Gasteiger partial charge is 0.328 e. The SMILES string of the molecule is CCOC(=O)CCCCc1ccc2c(c1)C1(CCN(C(C)=O)C1)CN2C(=O)Nc1ncc(Cl)s1. The molecule has 0 bridgehead atoms. The van der Waals surface area contributed by atoms with E-state index in [1.165, 1.54) is 17.5 Å². The number of carbonyl (C=O) groups excluding carboxylic acids is 3. The predicted molar refractivity (Wildman–Crippen MR) is 133 cm³/mol. The summed E-state index contributed by atoms with van der Waals surface area (Å²) in [6.07, 6.45) is 5.22. The summed E-state index contributed by atoms with van der Waals surface area (Å²) in [5.41, 5.74) is 2.84. The van der Waals surface area contributed by atoms with Gasteiger partial charge < -0.3 is 9.64 Å². The Labute approximate surface area is 208 Å². The molecule has 1 N–H and O–H groups in total. The zero-order valence-corrected chi connectivity index (χ0v) is 21.0. The van der Waals surface area contributed by atoms with Crippen molar-refractivity contribution in [2.75, 3.05) is 36.5 Å². The van der Waals surface area contributed by atoms with Crippen molar-refractivity contribution >= 4 is 51.7 Å². The summed E-state index contributed by atoms with van der Waals surface area (Å²) in [6, 6.07) is 5.96. The number of benzene rings is 1. The number of nitrogens with zero attached hydrogens (tertiary/aromatic N) is 3. The van der Waals surface area contributed by atoms with Gasteiger partial charge in [-0.25, -0.2) is 9.78 Å². The highest BCUT2D eigenvalue weighted by Gasteiger charge is 2.49. The van der Waals surface area contributed by atoms with Crippen LogP contribution in [-0.4, -0.2) is 54.0 Å². The standard InChI is InChI=1S/C24H29ClN4O4S/c1-3-33-21(31)7-5-4-6-17-8-9-19-18(12-17)24(10-11-28(14-24)16(2)30)15-29(19)23(32)27-22-26-13-20(25)34-22/h8-9,12-13H,3-7,10-11,14-15H2,1-2H3,(H,26,27,32). The molecule has 1 spiro atoms. The molecule has 1 saturated heterocycles. The van der Waals surface area contributed by atoms with Crippen molar-refractivity contribution in [1.29, 1.82) is 0 Å². The second kappa shape index (κ2) is 10.3. The Bertz CT molecular complexity index is 1090. The van der Waals surface area contributed by atoms with Crippen molar-refractivity contribution in [2.24, 2.45) is 0 Å². The zero-order chi connectivity index (χ0) is 24.3. The number of likely N-dealkylation sites (tertiary alicyclic amines) is 1. The number of fused-ring (bicyclic) bond motifs is 2. The van der Waals surface area contributed by atoms with E-state index in [4.69, 9.17) is 16.3 Å². The molecule has 2 aliphatic rings. The molecule has 2 aliphatic heterocycles. The predicted octanol–water partition coefficient (Wildman–Crippen LogP) is 4.61. The third-order valence-corrected chi connectivity index (χ3v) is 7.55. The number of aromatic nitrogens is 1. The van der Waals surface area contributed by atoms with E-state index >= 15 is 0 Å². The van der Waals surface area contributed by atoms with Gasteiger partial charge in [0.2, 0.25) is 5.91 Å². The molecule has 8 nitrogen and oxygen atoms in total. The van der Waals surface area contributed by atoms with E-state index in [0.717, 1.165) is 42.5 Å². The number of amides is 3. The normalized spacial score (nSPS) is 18.9. The molecule has 1 unspecified atom stereocenters. The number of ether oxygens (including phenoxy) is 1. The fraction of sp³-hybridized carbons (Fsp3) is 0.500. The minimum Gasteiger partial charge on any atom is -0.466 e. The Kier molecular flexibility index (Phi) is 7.42. The van der Waals surface area contributed by atoms with Crippen LogP contribution in [0, 0.1) is 0 Å². The molecule has 0 aliphatic carbocycles. The minimum atomic E-state index is -0.292. The average molecular weight is 505 g/mol. The molecule has 2 aromatic rings. The molecule has 1 aromatic heterocycles. The summed E-state index contributed by atoms with van der Waals surface area (Å²) in [5, 5.41) is 3.30. The maximum absolute atomic E-state index is 13.2. The third kappa shape index (κ3) is 5.20. The number of esters is 1. The first-order valence-electron chi connectivity index (χ1n) is 11.6. The molecule has 4 rings (SSSR count). The lowest BCUT2D eigenvalue weighted by Gasteiger charge is -2.25. The number of nitrogens with one attached hydrogen (secondary N) is 1. The molecule has 34 heavy (non-hydrogen) atoms. The van der Waals surface area contributed by atoms with E-state index in [1.807, 2.05) is 24.0 Å². The van der Waals surface area contributed by atoms with Crippen LogP contribution in [0.25, 0.3) is 0 Å². The Balaban J connectivity index is 1.53.